The Labute approximate surface area is 135 Å². The van der Waals surface area contributed by atoms with Crippen LogP contribution in [0, 0.1) is 0 Å². The van der Waals surface area contributed by atoms with Crippen LogP contribution in [0.2, 0.25) is 0 Å². The fraction of sp³-hybridized carbons (Fsp3) is 0.667. The number of nitrogens with one attached hydrogen (secondary N) is 2. The standard InChI is InChI=1S/C15H26N4O4/c1-15(2,3)23-14(22)17-7-6-16-12-10-13(21)19(18-11-12)8-4-5-9-20/h10-11,16,20H,4-9H2,1-3H3,(H,17,22). The number of nitrogens with zero attached hydrogens (tertiary/aromatic N) is 2. The first-order chi connectivity index (χ1) is 10.8. The highest BCUT2D eigenvalue weighted by molar-refractivity contribution is 5.67. The predicted octanol–water partition coefficient (Wildman–Crippen LogP) is 0.952. The third-order valence-electron chi connectivity index (χ3n) is 2.77. The molecule has 1 aromatic rings. The molecule has 130 valence electrons. The Hall–Kier alpha value is -2.09. The minimum atomic E-state index is -0.526. The van der Waals surface area contributed by atoms with E-state index in [0.717, 1.165) is 0 Å². The first kappa shape index (κ1) is 19.0. The maximum Gasteiger partial charge on any atom is 0.407 e. The lowest BCUT2D eigenvalue weighted by molar-refractivity contribution is 0.0530. The molecule has 3 N–H and O–H groups in total. The van der Waals surface area contributed by atoms with Gasteiger partial charge in [-0.05, 0) is 33.6 Å². The second kappa shape index (κ2) is 9.14. The number of aromatic nitrogens is 2. The van der Waals surface area contributed by atoms with Gasteiger partial charge in [-0.1, -0.05) is 0 Å². The summed E-state index contributed by atoms with van der Waals surface area (Å²) in [7, 11) is 0. The van der Waals surface area contributed by atoms with Crippen molar-refractivity contribution in [2.24, 2.45) is 0 Å². The van der Waals surface area contributed by atoms with E-state index < -0.39 is 11.7 Å². The first-order valence-corrected chi connectivity index (χ1v) is 7.70. The van der Waals surface area contributed by atoms with Crippen LogP contribution >= 0.6 is 0 Å². The van der Waals surface area contributed by atoms with Crippen molar-refractivity contribution in [1.29, 1.82) is 0 Å². The van der Waals surface area contributed by atoms with Gasteiger partial charge in [0.15, 0.2) is 0 Å². The van der Waals surface area contributed by atoms with Gasteiger partial charge in [0.25, 0.3) is 5.56 Å². The minimum absolute atomic E-state index is 0.110. The Morgan fingerprint density at radius 3 is 2.70 bits per heavy atom. The number of aliphatic hydroxyl groups excluding tert-OH is 1. The van der Waals surface area contributed by atoms with E-state index in [1.165, 1.54) is 10.7 Å². The monoisotopic (exact) mass is 326 g/mol. The summed E-state index contributed by atoms with van der Waals surface area (Å²) >= 11 is 0. The molecular weight excluding hydrogens is 300 g/mol. The van der Waals surface area contributed by atoms with Crippen LogP contribution in [0.1, 0.15) is 33.6 Å². The number of carbonyl (C=O) groups is 1. The van der Waals surface area contributed by atoms with Crippen LogP contribution in [0.5, 0.6) is 0 Å². The van der Waals surface area contributed by atoms with Gasteiger partial charge < -0.3 is 20.5 Å². The lowest BCUT2D eigenvalue weighted by Gasteiger charge is -2.19. The van der Waals surface area contributed by atoms with Gasteiger partial charge in [-0.25, -0.2) is 9.48 Å². The molecule has 0 saturated heterocycles. The minimum Gasteiger partial charge on any atom is -0.444 e. The van der Waals surface area contributed by atoms with E-state index in [9.17, 15) is 9.59 Å². The Balaban J connectivity index is 2.34. The van der Waals surface area contributed by atoms with Crippen molar-refractivity contribution in [2.45, 2.75) is 45.8 Å². The summed E-state index contributed by atoms with van der Waals surface area (Å²) in [6.45, 7) is 6.81. The van der Waals surface area contributed by atoms with E-state index in [-0.39, 0.29) is 12.2 Å². The fourth-order valence-electron chi connectivity index (χ4n) is 1.76. The van der Waals surface area contributed by atoms with Gasteiger partial charge in [0, 0.05) is 32.3 Å². The Morgan fingerprint density at radius 1 is 1.35 bits per heavy atom. The predicted molar refractivity (Wildman–Crippen MR) is 87.5 cm³/mol. The molecule has 0 spiro atoms. The van der Waals surface area contributed by atoms with Gasteiger partial charge in [0.1, 0.15) is 5.60 Å². The topological polar surface area (TPSA) is 105 Å². The number of hydrogen-bond donors (Lipinski definition) is 3. The third-order valence-corrected chi connectivity index (χ3v) is 2.77. The molecule has 23 heavy (non-hydrogen) atoms. The molecule has 8 heteroatoms. The number of carbonyl (C=O) groups excluding carboxylic acids is 1. The van der Waals surface area contributed by atoms with Crippen molar-refractivity contribution in [3.8, 4) is 0 Å². The van der Waals surface area contributed by atoms with Crippen molar-refractivity contribution in [1.82, 2.24) is 15.1 Å². The number of aliphatic hydroxyl groups is 1. The number of amides is 1. The summed E-state index contributed by atoms with van der Waals surface area (Å²) in [4.78, 5) is 23.3. The Bertz CT molecular complexity index is 551. The van der Waals surface area contributed by atoms with E-state index in [1.54, 1.807) is 27.0 Å². The van der Waals surface area contributed by atoms with Gasteiger partial charge in [0.2, 0.25) is 0 Å². The van der Waals surface area contributed by atoms with E-state index in [0.29, 0.717) is 38.2 Å². The number of ether oxygens (including phenoxy) is 1. The van der Waals surface area contributed by atoms with E-state index in [2.05, 4.69) is 15.7 Å². The molecule has 1 rings (SSSR count). The SMILES string of the molecule is CC(C)(C)OC(=O)NCCNc1cnn(CCCCO)c(=O)c1. The number of aryl methyl sites for hydroxylation is 1. The highest BCUT2D eigenvalue weighted by atomic mass is 16.6. The van der Waals surface area contributed by atoms with Gasteiger partial charge >= 0.3 is 6.09 Å². The molecule has 0 aromatic carbocycles. The molecule has 1 amide bonds. The molecule has 0 fully saturated rings. The average Bonchev–Trinajstić information content (AvgIpc) is 2.44. The number of unbranched alkanes of at least 4 members (excludes halogenated alkanes) is 1. The van der Waals surface area contributed by atoms with Crippen LogP contribution in [0.3, 0.4) is 0 Å². The number of hydrogen-bond acceptors (Lipinski definition) is 6. The summed E-state index contributed by atoms with van der Waals surface area (Å²) in [6, 6.07) is 1.46. The van der Waals surface area contributed by atoms with E-state index in [1.807, 2.05) is 0 Å². The summed E-state index contributed by atoms with van der Waals surface area (Å²) in [5.41, 5.74) is -0.130. The molecule has 0 aliphatic heterocycles. The van der Waals surface area contributed by atoms with Gasteiger partial charge in [-0.2, -0.15) is 5.10 Å². The molecule has 0 atom stereocenters. The molecule has 0 bridgehead atoms. The molecule has 1 aromatic heterocycles. The molecule has 0 unspecified atom stereocenters. The molecule has 8 nitrogen and oxygen atoms in total. The summed E-state index contributed by atoms with van der Waals surface area (Å²) in [5.74, 6) is 0. The van der Waals surface area contributed by atoms with Crippen molar-refractivity contribution in [3.05, 3.63) is 22.6 Å². The summed E-state index contributed by atoms with van der Waals surface area (Å²) in [6.07, 6.45) is 2.44. The largest absolute Gasteiger partial charge is 0.444 e. The number of alkyl carbamates (subject to hydrolysis) is 1. The van der Waals surface area contributed by atoms with Gasteiger partial charge in [-0.3, -0.25) is 4.79 Å². The van der Waals surface area contributed by atoms with Crippen molar-refractivity contribution in [3.63, 3.8) is 0 Å². The third kappa shape index (κ3) is 8.20. The molecule has 0 saturated carbocycles. The first-order valence-electron chi connectivity index (χ1n) is 7.70. The molecule has 0 radical (unpaired) electrons. The average molecular weight is 326 g/mol. The van der Waals surface area contributed by atoms with Gasteiger partial charge in [0.05, 0.1) is 11.9 Å². The zero-order valence-corrected chi connectivity index (χ0v) is 14.0. The van der Waals surface area contributed by atoms with Gasteiger partial charge in [-0.15, -0.1) is 0 Å². The lowest BCUT2D eigenvalue weighted by Crippen LogP contribution is -2.35. The number of anilines is 1. The molecular formula is C15H26N4O4. The summed E-state index contributed by atoms with van der Waals surface area (Å²) in [5, 5.41) is 18.4. The maximum atomic E-state index is 11.8. The van der Waals surface area contributed by atoms with Crippen LogP contribution in [0.4, 0.5) is 10.5 Å². The highest BCUT2D eigenvalue weighted by Crippen LogP contribution is 2.06. The van der Waals surface area contributed by atoms with Crippen molar-refractivity contribution >= 4 is 11.8 Å². The summed E-state index contributed by atoms with van der Waals surface area (Å²) < 4.78 is 6.47. The second-order valence-electron chi connectivity index (χ2n) is 6.09. The Morgan fingerprint density at radius 2 is 2.09 bits per heavy atom. The van der Waals surface area contributed by atoms with Crippen molar-refractivity contribution in [2.75, 3.05) is 25.0 Å². The van der Waals surface area contributed by atoms with E-state index in [4.69, 9.17) is 9.84 Å². The molecule has 1 heterocycles. The Kier molecular flexibility index (Phi) is 7.53. The second-order valence-corrected chi connectivity index (χ2v) is 6.09. The maximum absolute atomic E-state index is 11.8. The van der Waals surface area contributed by atoms with E-state index >= 15 is 0 Å². The van der Waals surface area contributed by atoms with Crippen LogP contribution in [-0.2, 0) is 11.3 Å². The quantitative estimate of drug-likeness (QED) is 0.614. The van der Waals surface area contributed by atoms with Crippen LogP contribution in [0.15, 0.2) is 17.1 Å². The van der Waals surface area contributed by atoms with Crippen molar-refractivity contribution < 1.29 is 14.6 Å². The van der Waals surface area contributed by atoms with Crippen LogP contribution in [0.25, 0.3) is 0 Å². The molecule has 0 aliphatic carbocycles. The smallest absolute Gasteiger partial charge is 0.407 e. The molecule has 0 aliphatic rings. The van der Waals surface area contributed by atoms with Crippen LogP contribution in [-0.4, -0.2) is 46.3 Å². The fourth-order valence-corrected chi connectivity index (χ4v) is 1.76. The normalized spacial score (nSPS) is 11.1. The van der Waals surface area contributed by atoms with Crippen LogP contribution < -0.4 is 16.2 Å². The lowest BCUT2D eigenvalue weighted by atomic mass is 10.2. The zero-order valence-electron chi connectivity index (χ0n) is 14.0. The zero-order chi connectivity index (χ0) is 17.3. The number of rotatable bonds is 8. The highest BCUT2D eigenvalue weighted by Gasteiger charge is 2.15.